The van der Waals surface area contributed by atoms with Crippen LogP contribution in [-0.2, 0) is 13.6 Å². The molecule has 4 aromatic rings. The Kier molecular flexibility index (Phi) is 7.04. The van der Waals surface area contributed by atoms with Gasteiger partial charge in [0, 0.05) is 23.5 Å². The molecule has 0 spiro atoms. The molecule has 2 heterocycles. The van der Waals surface area contributed by atoms with Crippen LogP contribution in [0.2, 0.25) is 0 Å². The molecule has 0 saturated carbocycles. The summed E-state index contributed by atoms with van der Waals surface area (Å²) < 4.78 is 24.5. The highest BCUT2D eigenvalue weighted by atomic mass is 31.2. The third-order valence-corrected chi connectivity index (χ3v) is 6.82. The van der Waals surface area contributed by atoms with E-state index in [4.69, 9.17) is 19.0 Å². The predicted octanol–water partition coefficient (Wildman–Crippen LogP) is 5.47. The second-order valence-corrected chi connectivity index (χ2v) is 9.09. The van der Waals surface area contributed by atoms with Crippen LogP contribution >= 0.6 is 7.60 Å². The third kappa shape index (κ3) is 4.91. The van der Waals surface area contributed by atoms with Crippen molar-refractivity contribution >= 4 is 13.2 Å². The van der Waals surface area contributed by atoms with Crippen LogP contribution in [0.15, 0.2) is 73.1 Å². The smallest absolute Gasteiger partial charge is 0.303 e. The maximum atomic E-state index is 13.5. The standard InChI is InChI=1S/C25H25N4O3P/c1-4-31-33(30,32-5-2)25-27-17-22(20-14-10-7-11-15-20)24(29-25)23-21(16-26-18(3)28-23)19-12-8-6-9-13-19/h6-17H,4-5H2,1-3H3. The summed E-state index contributed by atoms with van der Waals surface area (Å²) in [7, 11) is -3.70. The first-order valence-corrected chi connectivity index (χ1v) is 12.3. The Balaban J connectivity index is 2.01. The van der Waals surface area contributed by atoms with Gasteiger partial charge in [-0.25, -0.2) is 19.9 Å². The summed E-state index contributed by atoms with van der Waals surface area (Å²) in [6, 6.07) is 19.6. The minimum atomic E-state index is -3.70. The van der Waals surface area contributed by atoms with E-state index in [1.807, 2.05) is 67.6 Å². The molecule has 0 amide bonds. The van der Waals surface area contributed by atoms with Crippen molar-refractivity contribution in [3.8, 4) is 33.6 Å². The normalized spacial score (nSPS) is 11.5. The topological polar surface area (TPSA) is 87.1 Å². The van der Waals surface area contributed by atoms with E-state index in [0.29, 0.717) is 17.2 Å². The molecule has 0 fully saturated rings. The molecule has 168 valence electrons. The summed E-state index contributed by atoms with van der Waals surface area (Å²) >= 11 is 0. The first-order valence-electron chi connectivity index (χ1n) is 10.8. The fourth-order valence-electron chi connectivity index (χ4n) is 3.49. The average molecular weight is 460 g/mol. The molecule has 0 aliphatic heterocycles. The van der Waals surface area contributed by atoms with E-state index in [9.17, 15) is 4.57 Å². The van der Waals surface area contributed by atoms with Crippen LogP contribution in [-0.4, -0.2) is 33.1 Å². The Hall–Kier alpha value is -3.25. The Bertz CT molecular complexity index is 1270. The van der Waals surface area contributed by atoms with Gasteiger partial charge in [-0.1, -0.05) is 60.7 Å². The van der Waals surface area contributed by atoms with Gasteiger partial charge in [0.1, 0.15) is 17.2 Å². The molecule has 0 radical (unpaired) electrons. The van der Waals surface area contributed by atoms with Crippen LogP contribution in [0.3, 0.4) is 0 Å². The van der Waals surface area contributed by atoms with Gasteiger partial charge in [-0.15, -0.1) is 0 Å². The molecule has 0 saturated heterocycles. The fourth-order valence-corrected chi connectivity index (χ4v) is 4.89. The molecular formula is C25H25N4O3P. The third-order valence-electron chi connectivity index (χ3n) is 4.92. The maximum Gasteiger partial charge on any atom is 0.398 e. The van der Waals surface area contributed by atoms with Gasteiger partial charge in [-0.3, -0.25) is 4.57 Å². The highest BCUT2D eigenvalue weighted by molar-refractivity contribution is 7.61. The highest BCUT2D eigenvalue weighted by Crippen LogP contribution is 2.46. The van der Waals surface area contributed by atoms with E-state index in [1.165, 1.54) is 0 Å². The lowest BCUT2D eigenvalue weighted by Gasteiger charge is -2.18. The summed E-state index contributed by atoms with van der Waals surface area (Å²) in [5.41, 5.74) is 4.60. The molecule has 0 atom stereocenters. The van der Waals surface area contributed by atoms with Crippen LogP contribution in [0.25, 0.3) is 33.6 Å². The number of aromatic nitrogens is 4. The molecule has 33 heavy (non-hydrogen) atoms. The van der Waals surface area contributed by atoms with E-state index in [2.05, 4.69) is 9.97 Å². The van der Waals surface area contributed by atoms with E-state index < -0.39 is 7.60 Å². The number of hydrogen-bond donors (Lipinski definition) is 0. The van der Waals surface area contributed by atoms with Gasteiger partial charge in [0.15, 0.2) is 0 Å². The zero-order chi connectivity index (χ0) is 23.3. The SMILES string of the molecule is CCOP(=O)(OCC)c1ncc(-c2ccccc2)c(-c2nc(C)ncc2-c2ccccc2)n1. The van der Waals surface area contributed by atoms with Crippen LogP contribution in [0.4, 0.5) is 0 Å². The fraction of sp³-hybridized carbons (Fsp3) is 0.200. The Labute approximate surface area is 193 Å². The summed E-state index contributed by atoms with van der Waals surface area (Å²) in [5, 5.41) is 0. The molecule has 0 N–H and O–H groups in total. The van der Waals surface area contributed by atoms with Crippen LogP contribution < -0.4 is 5.57 Å². The van der Waals surface area contributed by atoms with Gasteiger partial charge in [-0.05, 0) is 31.9 Å². The van der Waals surface area contributed by atoms with Gasteiger partial charge in [0.25, 0.3) is 0 Å². The molecule has 0 aliphatic rings. The molecule has 2 aromatic heterocycles. The number of aryl methyl sites for hydroxylation is 1. The molecule has 0 unspecified atom stereocenters. The van der Waals surface area contributed by atoms with Gasteiger partial charge in [0.05, 0.1) is 13.2 Å². The molecule has 4 rings (SSSR count). The minimum absolute atomic E-state index is 0.0103. The second-order valence-electron chi connectivity index (χ2n) is 7.18. The Morgan fingerprint density at radius 2 is 1.21 bits per heavy atom. The lowest BCUT2D eigenvalue weighted by molar-refractivity contribution is 0.228. The van der Waals surface area contributed by atoms with Crippen molar-refractivity contribution in [2.24, 2.45) is 0 Å². The lowest BCUT2D eigenvalue weighted by atomic mass is 9.98. The first-order chi connectivity index (χ1) is 16.1. The zero-order valence-corrected chi connectivity index (χ0v) is 19.7. The number of nitrogens with zero attached hydrogens (tertiary/aromatic N) is 4. The highest BCUT2D eigenvalue weighted by Gasteiger charge is 2.32. The van der Waals surface area contributed by atoms with Crippen molar-refractivity contribution in [1.82, 2.24) is 19.9 Å². The molecule has 2 aromatic carbocycles. The van der Waals surface area contributed by atoms with E-state index in [-0.39, 0.29) is 18.8 Å². The summed E-state index contributed by atoms with van der Waals surface area (Å²) in [5.74, 6) is 0.599. The van der Waals surface area contributed by atoms with Crippen LogP contribution in [0, 0.1) is 6.92 Å². The van der Waals surface area contributed by atoms with Crippen molar-refractivity contribution in [1.29, 1.82) is 0 Å². The zero-order valence-electron chi connectivity index (χ0n) is 18.8. The average Bonchev–Trinajstić information content (AvgIpc) is 2.85. The van der Waals surface area contributed by atoms with E-state index in [0.717, 1.165) is 22.3 Å². The number of rotatable bonds is 8. The maximum absolute atomic E-state index is 13.5. The molecule has 0 bridgehead atoms. The summed E-state index contributed by atoms with van der Waals surface area (Å²) in [6.07, 6.45) is 3.44. The van der Waals surface area contributed by atoms with Crippen LogP contribution in [0.1, 0.15) is 19.7 Å². The number of benzene rings is 2. The van der Waals surface area contributed by atoms with Gasteiger partial charge < -0.3 is 9.05 Å². The quantitative estimate of drug-likeness (QED) is 0.322. The molecule has 7 nitrogen and oxygen atoms in total. The van der Waals surface area contributed by atoms with Crippen molar-refractivity contribution in [2.45, 2.75) is 20.8 Å². The summed E-state index contributed by atoms with van der Waals surface area (Å²) in [4.78, 5) is 18.3. The molecule has 0 aliphatic carbocycles. The van der Waals surface area contributed by atoms with E-state index >= 15 is 0 Å². The van der Waals surface area contributed by atoms with Gasteiger partial charge >= 0.3 is 7.60 Å². The first kappa shape index (κ1) is 22.9. The second kappa shape index (κ2) is 10.1. The van der Waals surface area contributed by atoms with Crippen molar-refractivity contribution < 1.29 is 13.6 Å². The molecule has 8 heteroatoms. The Morgan fingerprint density at radius 3 is 1.73 bits per heavy atom. The van der Waals surface area contributed by atoms with Crippen LogP contribution in [0.5, 0.6) is 0 Å². The number of hydrogen-bond acceptors (Lipinski definition) is 7. The lowest BCUT2D eigenvalue weighted by Crippen LogP contribution is -2.19. The molecular weight excluding hydrogens is 435 g/mol. The van der Waals surface area contributed by atoms with Crippen molar-refractivity contribution in [2.75, 3.05) is 13.2 Å². The monoisotopic (exact) mass is 460 g/mol. The van der Waals surface area contributed by atoms with Crippen molar-refractivity contribution in [3.05, 3.63) is 78.9 Å². The van der Waals surface area contributed by atoms with Gasteiger partial charge in [0.2, 0.25) is 5.57 Å². The predicted molar refractivity (Wildman–Crippen MR) is 129 cm³/mol. The van der Waals surface area contributed by atoms with Crippen molar-refractivity contribution in [3.63, 3.8) is 0 Å². The Morgan fingerprint density at radius 1 is 0.727 bits per heavy atom. The largest absolute Gasteiger partial charge is 0.398 e. The summed E-state index contributed by atoms with van der Waals surface area (Å²) in [6.45, 7) is 5.75. The van der Waals surface area contributed by atoms with Gasteiger partial charge in [-0.2, -0.15) is 0 Å². The minimum Gasteiger partial charge on any atom is -0.303 e. The van der Waals surface area contributed by atoms with E-state index in [1.54, 1.807) is 26.2 Å².